The molecule has 1 aromatic rings. The molecule has 1 atom stereocenters. The molecule has 1 saturated heterocycles. The van der Waals surface area contributed by atoms with Crippen molar-refractivity contribution in [3.8, 4) is 5.75 Å². The molecule has 1 aromatic carbocycles. The number of methoxy groups -OCH3 is 1. The molecule has 3 N–H and O–H groups in total. The van der Waals surface area contributed by atoms with E-state index in [1.165, 1.54) is 0 Å². The number of nitrogen functional groups attached to an aromatic ring is 1. The molecule has 1 heterocycles. The fraction of sp³-hybridized carbons (Fsp3) is 0.417. The minimum Gasteiger partial charge on any atom is -0.497 e. The minimum atomic E-state index is -0.0734. The lowest BCUT2D eigenvalue weighted by Gasteiger charge is -2.11. The zero-order valence-corrected chi connectivity index (χ0v) is 9.32. The van der Waals surface area contributed by atoms with Crippen LogP contribution in [0.25, 0.3) is 0 Å². The molecule has 2 rings (SSSR count). The maximum atomic E-state index is 12.1. The summed E-state index contributed by atoms with van der Waals surface area (Å²) in [5.74, 6) is 0.756. The molecular formula is C12H16N2O2. The van der Waals surface area contributed by atoms with Crippen LogP contribution in [-0.2, 0) is 0 Å². The molecule has 16 heavy (non-hydrogen) atoms. The predicted octanol–water partition coefficient (Wildman–Crippen LogP) is 1.21. The van der Waals surface area contributed by atoms with Crippen molar-refractivity contribution < 1.29 is 9.53 Å². The average molecular weight is 220 g/mol. The quantitative estimate of drug-likeness (QED) is 0.593. The maximum Gasteiger partial charge on any atom is 0.181 e. The number of rotatable bonds is 3. The van der Waals surface area contributed by atoms with Crippen LogP contribution in [-0.4, -0.2) is 25.5 Å². The Morgan fingerprint density at radius 3 is 2.94 bits per heavy atom. The highest BCUT2D eigenvalue weighted by atomic mass is 16.5. The number of Topliss-reactive ketones (excluding diaryl/α,β-unsaturated/α-hetero) is 1. The second-order valence-electron chi connectivity index (χ2n) is 3.97. The summed E-state index contributed by atoms with van der Waals surface area (Å²) >= 11 is 0. The first-order chi connectivity index (χ1) is 7.72. The normalized spacial score (nSPS) is 19.7. The molecule has 0 amide bonds. The summed E-state index contributed by atoms with van der Waals surface area (Å²) in [4.78, 5) is 12.1. The van der Waals surface area contributed by atoms with Crippen molar-refractivity contribution in [1.29, 1.82) is 0 Å². The van der Waals surface area contributed by atoms with E-state index in [1.54, 1.807) is 25.3 Å². The number of hydrogen-bond donors (Lipinski definition) is 2. The second kappa shape index (κ2) is 4.53. The molecule has 0 aromatic heterocycles. The SMILES string of the molecule is COc1ccc(C(=O)C2CCCN2)c(N)c1. The Labute approximate surface area is 94.8 Å². The number of ketones is 1. The van der Waals surface area contributed by atoms with Gasteiger partial charge in [-0.2, -0.15) is 0 Å². The minimum absolute atomic E-state index is 0.0734. The Morgan fingerprint density at radius 2 is 2.38 bits per heavy atom. The summed E-state index contributed by atoms with van der Waals surface area (Å²) in [5, 5.41) is 3.17. The number of nitrogens with two attached hydrogens (primary N) is 1. The van der Waals surface area contributed by atoms with Gasteiger partial charge in [0.2, 0.25) is 0 Å². The molecule has 0 spiro atoms. The zero-order valence-electron chi connectivity index (χ0n) is 9.32. The smallest absolute Gasteiger partial charge is 0.181 e. The van der Waals surface area contributed by atoms with Crippen LogP contribution in [0.15, 0.2) is 18.2 Å². The van der Waals surface area contributed by atoms with Crippen LogP contribution in [0.2, 0.25) is 0 Å². The Hall–Kier alpha value is -1.55. The fourth-order valence-corrected chi connectivity index (χ4v) is 1.99. The molecule has 1 aliphatic heterocycles. The highest BCUT2D eigenvalue weighted by Gasteiger charge is 2.24. The highest BCUT2D eigenvalue weighted by Crippen LogP contribution is 2.22. The van der Waals surface area contributed by atoms with Crippen molar-refractivity contribution >= 4 is 11.5 Å². The summed E-state index contributed by atoms with van der Waals surface area (Å²) in [7, 11) is 1.58. The van der Waals surface area contributed by atoms with E-state index in [0.29, 0.717) is 17.0 Å². The van der Waals surface area contributed by atoms with Crippen molar-refractivity contribution in [3.05, 3.63) is 23.8 Å². The second-order valence-corrected chi connectivity index (χ2v) is 3.97. The van der Waals surface area contributed by atoms with E-state index in [2.05, 4.69) is 5.32 Å². The summed E-state index contributed by atoms with van der Waals surface area (Å²) in [6.07, 6.45) is 1.94. The monoisotopic (exact) mass is 220 g/mol. The summed E-state index contributed by atoms with van der Waals surface area (Å²) < 4.78 is 5.05. The van der Waals surface area contributed by atoms with E-state index in [1.807, 2.05) is 0 Å². The van der Waals surface area contributed by atoms with Gasteiger partial charge in [-0.3, -0.25) is 4.79 Å². The van der Waals surface area contributed by atoms with Crippen molar-refractivity contribution in [2.75, 3.05) is 19.4 Å². The molecular weight excluding hydrogens is 204 g/mol. The molecule has 0 radical (unpaired) electrons. The standard InChI is InChI=1S/C12H16N2O2/c1-16-8-4-5-9(10(13)7-8)12(15)11-3-2-6-14-11/h4-5,7,11,14H,2-3,6,13H2,1H3. The van der Waals surface area contributed by atoms with Crippen LogP contribution in [0, 0.1) is 0 Å². The molecule has 0 bridgehead atoms. The largest absolute Gasteiger partial charge is 0.497 e. The van der Waals surface area contributed by atoms with Gasteiger partial charge in [0.1, 0.15) is 5.75 Å². The maximum absolute atomic E-state index is 12.1. The Bertz CT molecular complexity index is 398. The number of carbonyl (C=O) groups excluding carboxylic acids is 1. The topological polar surface area (TPSA) is 64.3 Å². The van der Waals surface area contributed by atoms with Crippen molar-refractivity contribution in [3.63, 3.8) is 0 Å². The fourth-order valence-electron chi connectivity index (χ4n) is 1.99. The van der Waals surface area contributed by atoms with Crippen LogP contribution < -0.4 is 15.8 Å². The molecule has 1 aliphatic rings. The molecule has 4 nitrogen and oxygen atoms in total. The van der Waals surface area contributed by atoms with Crippen molar-refractivity contribution in [2.45, 2.75) is 18.9 Å². The van der Waals surface area contributed by atoms with E-state index in [0.717, 1.165) is 19.4 Å². The highest BCUT2D eigenvalue weighted by molar-refractivity contribution is 6.04. The lowest BCUT2D eigenvalue weighted by Crippen LogP contribution is -2.31. The third-order valence-corrected chi connectivity index (χ3v) is 2.90. The molecule has 0 aliphatic carbocycles. The Morgan fingerprint density at radius 1 is 1.56 bits per heavy atom. The molecule has 1 fully saturated rings. The number of hydrogen-bond acceptors (Lipinski definition) is 4. The van der Waals surface area contributed by atoms with Gasteiger partial charge < -0.3 is 15.8 Å². The third kappa shape index (κ3) is 2.02. The van der Waals surface area contributed by atoms with Crippen LogP contribution in [0.5, 0.6) is 5.75 Å². The first kappa shape index (κ1) is 11.0. The first-order valence-electron chi connectivity index (χ1n) is 5.43. The van der Waals surface area contributed by atoms with Crippen LogP contribution in [0.4, 0.5) is 5.69 Å². The van der Waals surface area contributed by atoms with E-state index in [4.69, 9.17) is 10.5 Å². The zero-order chi connectivity index (χ0) is 11.5. The van der Waals surface area contributed by atoms with E-state index in [-0.39, 0.29) is 11.8 Å². The number of benzene rings is 1. The van der Waals surface area contributed by atoms with Gasteiger partial charge in [-0.05, 0) is 31.5 Å². The molecule has 4 heteroatoms. The van der Waals surface area contributed by atoms with Gasteiger partial charge in [0.25, 0.3) is 0 Å². The van der Waals surface area contributed by atoms with Crippen molar-refractivity contribution in [1.82, 2.24) is 5.32 Å². The summed E-state index contributed by atoms with van der Waals surface area (Å²) in [6.45, 7) is 0.909. The lowest BCUT2D eigenvalue weighted by molar-refractivity contribution is 0.0953. The van der Waals surface area contributed by atoms with Crippen LogP contribution in [0.1, 0.15) is 23.2 Å². The van der Waals surface area contributed by atoms with Gasteiger partial charge in [0.15, 0.2) is 5.78 Å². The average Bonchev–Trinajstić information content (AvgIpc) is 2.81. The van der Waals surface area contributed by atoms with Gasteiger partial charge in [0.05, 0.1) is 13.2 Å². The summed E-state index contributed by atoms with van der Waals surface area (Å²) in [6, 6.07) is 5.10. The number of anilines is 1. The Kier molecular flexibility index (Phi) is 3.10. The van der Waals surface area contributed by atoms with Gasteiger partial charge in [0, 0.05) is 17.3 Å². The van der Waals surface area contributed by atoms with E-state index >= 15 is 0 Å². The number of ether oxygens (including phenoxy) is 1. The number of nitrogens with one attached hydrogen (secondary N) is 1. The lowest BCUT2D eigenvalue weighted by atomic mass is 10.0. The van der Waals surface area contributed by atoms with Crippen molar-refractivity contribution in [2.24, 2.45) is 0 Å². The van der Waals surface area contributed by atoms with E-state index < -0.39 is 0 Å². The van der Waals surface area contributed by atoms with Crippen LogP contribution >= 0.6 is 0 Å². The molecule has 1 unspecified atom stereocenters. The Balaban J connectivity index is 2.22. The predicted molar refractivity (Wildman–Crippen MR) is 62.8 cm³/mol. The van der Waals surface area contributed by atoms with E-state index in [9.17, 15) is 4.79 Å². The number of carbonyl (C=O) groups is 1. The first-order valence-corrected chi connectivity index (χ1v) is 5.43. The molecule has 0 saturated carbocycles. The molecule has 86 valence electrons. The van der Waals surface area contributed by atoms with Gasteiger partial charge in [-0.1, -0.05) is 0 Å². The summed E-state index contributed by atoms with van der Waals surface area (Å²) in [5.41, 5.74) is 6.90. The van der Waals surface area contributed by atoms with Gasteiger partial charge in [-0.25, -0.2) is 0 Å². The van der Waals surface area contributed by atoms with Gasteiger partial charge >= 0.3 is 0 Å². The third-order valence-electron chi connectivity index (χ3n) is 2.90. The van der Waals surface area contributed by atoms with Crippen LogP contribution in [0.3, 0.4) is 0 Å². The van der Waals surface area contributed by atoms with Gasteiger partial charge in [-0.15, -0.1) is 0 Å².